The molecule has 1 heterocycles. The van der Waals surface area contributed by atoms with Crippen molar-refractivity contribution in [1.29, 1.82) is 0 Å². The SMILES string of the molecule is C=C(CCCCNN)C(C)NC(=C)C(C(C)C)N1CCC(CNCC)C1. The van der Waals surface area contributed by atoms with Crippen LogP contribution in [0.25, 0.3) is 0 Å². The van der Waals surface area contributed by atoms with Crippen molar-refractivity contribution in [2.45, 2.75) is 65.5 Å². The molecule has 0 aliphatic carbocycles. The van der Waals surface area contributed by atoms with E-state index < -0.39 is 0 Å². The molecule has 0 bridgehead atoms. The van der Waals surface area contributed by atoms with E-state index in [2.05, 4.69) is 61.8 Å². The molecule has 3 unspecified atom stereocenters. The van der Waals surface area contributed by atoms with Gasteiger partial charge in [-0.05, 0) is 64.1 Å². The second-order valence-corrected chi connectivity index (χ2v) is 8.11. The van der Waals surface area contributed by atoms with E-state index in [0.29, 0.717) is 12.0 Å². The molecule has 1 rings (SSSR count). The van der Waals surface area contributed by atoms with Gasteiger partial charge in [0.15, 0.2) is 0 Å². The largest absolute Gasteiger partial charge is 0.381 e. The zero-order valence-electron chi connectivity index (χ0n) is 17.6. The van der Waals surface area contributed by atoms with Crippen LogP contribution < -0.4 is 21.9 Å². The van der Waals surface area contributed by atoms with Gasteiger partial charge < -0.3 is 10.6 Å². The molecular formula is C21H43N5. The normalized spacial score (nSPS) is 20.3. The fraction of sp³-hybridized carbons (Fsp3) is 0.810. The summed E-state index contributed by atoms with van der Waals surface area (Å²) in [5, 5.41) is 7.14. The van der Waals surface area contributed by atoms with Crippen molar-refractivity contribution in [2.75, 3.05) is 32.7 Å². The van der Waals surface area contributed by atoms with E-state index in [0.717, 1.165) is 57.1 Å². The maximum Gasteiger partial charge on any atom is 0.0512 e. The van der Waals surface area contributed by atoms with Crippen molar-refractivity contribution < 1.29 is 0 Å². The van der Waals surface area contributed by atoms with Gasteiger partial charge in [-0.1, -0.05) is 39.5 Å². The topological polar surface area (TPSA) is 65.3 Å². The van der Waals surface area contributed by atoms with Crippen LogP contribution in [0.3, 0.4) is 0 Å². The minimum Gasteiger partial charge on any atom is -0.381 e. The zero-order valence-corrected chi connectivity index (χ0v) is 17.6. The van der Waals surface area contributed by atoms with Crippen LogP contribution in [0.5, 0.6) is 0 Å². The maximum atomic E-state index is 5.32. The van der Waals surface area contributed by atoms with Gasteiger partial charge in [0, 0.05) is 24.8 Å². The van der Waals surface area contributed by atoms with Crippen LogP contribution in [-0.4, -0.2) is 49.7 Å². The number of unbranched alkanes of at least 4 members (excludes halogenated alkanes) is 1. The monoisotopic (exact) mass is 365 g/mol. The second-order valence-electron chi connectivity index (χ2n) is 8.11. The van der Waals surface area contributed by atoms with E-state index >= 15 is 0 Å². The average Bonchev–Trinajstić information content (AvgIpc) is 3.04. The lowest BCUT2D eigenvalue weighted by Gasteiger charge is -2.35. The summed E-state index contributed by atoms with van der Waals surface area (Å²) in [5.74, 6) is 6.63. The Kier molecular flexibility index (Phi) is 11.1. The van der Waals surface area contributed by atoms with Gasteiger partial charge in [-0.2, -0.15) is 0 Å². The van der Waals surface area contributed by atoms with Crippen LogP contribution >= 0.6 is 0 Å². The molecule has 0 aromatic heterocycles. The molecule has 0 radical (unpaired) electrons. The molecular weight excluding hydrogens is 322 g/mol. The van der Waals surface area contributed by atoms with Crippen LogP contribution in [0.2, 0.25) is 0 Å². The Hall–Kier alpha value is -0.880. The first-order chi connectivity index (χ1) is 12.4. The van der Waals surface area contributed by atoms with Gasteiger partial charge in [-0.25, -0.2) is 0 Å². The summed E-state index contributed by atoms with van der Waals surface area (Å²) in [5.41, 5.74) is 5.10. The first-order valence-corrected chi connectivity index (χ1v) is 10.4. The molecule has 5 heteroatoms. The molecule has 5 N–H and O–H groups in total. The van der Waals surface area contributed by atoms with Crippen LogP contribution in [0.4, 0.5) is 0 Å². The van der Waals surface area contributed by atoms with Crippen LogP contribution in [0, 0.1) is 11.8 Å². The van der Waals surface area contributed by atoms with Gasteiger partial charge in [-0.15, -0.1) is 0 Å². The molecule has 1 aliphatic heterocycles. The predicted octanol–water partition coefficient (Wildman–Crippen LogP) is 2.62. The van der Waals surface area contributed by atoms with Gasteiger partial charge in [0.1, 0.15) is 0 Å². The molecule has 5 nitrogen and oxygen atoms in total. The molecule has 0 aromatic carbocycles. The minimum absolute atomic E-state index is 0.259. The van der Waals surface area contributed by atoms with Gasteiger partial charge in [0.05, 0.1) is 6.04 Å². The number of hydrogen-bond acceptors (Lipinski definition) is 5. The summed E-state index contributed by atoms with van der Waals surface area (Å²) >= 11 is 0. The molecule has 1 aliphatic rings. The highest BCUT2D eigenvalue weighted by Crippen LogP contribution is 2.25. The summed E-state index contributed by atoms with van der Waals surface area (Å²) in [6, 6.07) is 0.646. The first-order valence-electron chi connectivity index (χ1n) is 10.4. The summed E-state index contributed by atoms with van der Waals surface area (Å²) in [4.78, 5) is 2.62. The second kappa shape index (κ2) is 12.5. The van der Waals surface area contributed by atoms with Gasteiger partial charge in [0.2, 0.25) is 0 Å². The van der Waals surface area contributed by atoms with Crippen molar-refractivity contribution >= 4 is 0 Å². The molecule has 152 valence electrons. The number of nitrogens with zero attached hydrogens (tertiary/aromatic N) is 1. The fourth-order valence-corrected chi connectivity index (χ4v) is 3.94. The number of nitrogens with one attached hydrogen (secondary N) is 3. The molecule has 26 heavy (non-hydrogen) atoms. The Labute approximate surface area is 161 Å². The van der Waals surface area contributed by atoms with E-state index in [1.807, 2.05) is 0 Å². The first kappa shape index (κ1) is 23.2. The van der Waals surface area contributed by atoms with Crippen LogP contribution in [0.1, 0.15) is 53.4 Å². The Bertz CT molecular complexity index is 421. The third-order valence-corrected chi connectivity index (χ3v) is 5.47. The quantitative estimate of drug-likeness (QED) is 0.165. The van der Waals surface area contributed by atoms with Crippen molar-refractivity contribution in [3.05, 3.63) is 24.4 Å². The van der Waals surface area contributed by atoms with Crippen molar-refractivity contribution in [3.8, 4) is 0 Å². The van der Waals surface area contributed by atoms with Gasteiger partial charge in [0.25, 0.3) is 0 Å². The van der Waals surface area contributed by atoms with Crippen LogP contribution in [-0.2, 0) is 0 Å². The average molecular weight is 366 g/mol. The van der Waals surface area contributed by atoms with Crippen LogP contribution in [0.15, 0.2) is 24.4 Å². The maximum absolute atomic E-state index is 5.32. The Morgan fingerprint density at radius 3 is 2.58 bits per heavy atom. The summed E-state index contributed by atoms with van der Waals surface area (Å²) in [7, 11) is 0. The standard InChI is InChI=1S/C21H43N5/c1-7-23-14-20-11-13-26(15-20)21(16(2)3)19(6)25-18(5)17(4)10-8-9-12-24-22/h16,18,20-21,23-25H,4,6-15,22H2,1-3,5H3. The van der Waals surface area contributed by atoms with Gasteiger partial charge in [-0.3, -0.25) is 16.2 Å². The number of nitrogens with two attached hydrogens (primary N) is 1. The fourth-order valence-electron chi connectivity index (χ4n) is 3.94. The molecule has 0 aromatic rings. The van der Waals surface area contributed by atoms with E-state index in [9.17, 15) is 0 Å². The highest BCUT2D eigenvalue weighted by molar-refractivity contribution is 5.13. The number of hydrazine groups is 1. The lowest BCUT2D eigenvalue weighted by Crippen LogP contribution is -2.45. The van der Waals surface area contributed by atoms with Crippen molar-refractivity contribution in [3.63, 3.8) is 0 Å². The van der Waals surface area contributed by atoms with E-state index in [1.54, 1.807) is 0 Å². The number of rotatable bonds is 14. The molecule has 1 fully saturated rings. The minimum atomic E-state index is 0.259. The summed E-state index contributed by atoms with van der Waals surface area (Å²) < 4.78 is 0. The highest BCUT2D eigenvalue weighted by Gasteiger charge is 2.31. The smallest absolute Gasteiger partial charge is 0.0512 e. The number of hydrogen-bond donors (Lipinski definition) is 4. The Morgan fingerprint density at radius 2 is 1.96 bits per heavy atom. The molecule has 3 atom stereocenters. The number of likely N-dealkylation sites (tertiary alicyclic amines) is 1. The summed E-state index contributed by atoms with van der Waals surface area (Å²) in [6.07, 6.45) is 4.51. The lowest BCUT2D eigenvalue weighted by atomic mass is 9.97. The zero-order chi connectivity index (χ0) is 19.5. The Morgan fingerprint density at radius 1 is 1.23 bits per heavy atom. The third kappa shape index (κ3) is 7.78. The van der Waals surface area contributed by atoms with E-state index in [-0.39, 0.29) is 6.04 Å². The molecule has 0 amide bonds. The molecule has 0 saturated carbocycles. The Balaban J connectivity index is 2.51. The van der Waals surface area contributed by atoms with E-state index in [1.165, 1.54) is 18.5 Å². The predicted molar refractivity (Wildman–Crippen MR) is 114 cm³/mol. The molecule has 0 spiro atoms. The van der Waals surface area contributed by atoms with Crippen molar-refractivity contribution in [1.82, 2.24) is 21.0 Å². The van der Waals surface area contributed by atoms with E-state index in [4.69, 9.17) is 5.84 Å². The third-order valence-electron chi connectivity index (χ3n) is 5.47. The van der Waals surface area contributed by atoms with Crippen molar-refractivity contribution in [2.24, 2.45) is 17.7 Å². The summed E-state index contributed by atoms with van der Waals surface area (Å²) in [6.45, 7) is 23.0. The lowest BCUT2D eigenvalue weighted by molar-refractivity contribution is 0.205. The highest BCUT2D eigenvalue weighted by atomic mass is 15.2. The van der Waals surface area contributed by atoms with Gasteiger partial charge >= 0.3 is 0 Å². The molecule has 1 saturated heterocycles.